The maximum atomic E-state index is 10.1. The van der Waals surface area contributed by atoms with Gasteiger partial charge >= 0.3 is 0 Å². The average molecular weight is 298 g/mol. The van der Waals surface area contributed by atoms with E-state index in [9.17, 15) is 5.11 Å². The molecule has 0 aliphatic heterocycles. The molecule has 1 fully saturated rings. The van der Waals surface area contributed by atoms with Crippen LogP contribution in [0.25, 0.3) is 0 Å². The summed E-state index contributed by atoms with van der Waals surface area (Å²) < 4.78 is 1.03. The molecule has 94 valence electrons. The molecule has 1 atom stereocenters. The van der Waals surface area contributed by atoms with Crippen molar-refractivity contribution >= 4 is 15.9 Å². The number of hydrogen-bond acceptors (Lipinski definition) is 2. The van der Waals surface area contributed by atoms with Gasteiger partial charge in [-0.05, 0) is 43.5 Å². The molecular weight excluding hydrogens is 278 g/mol. The standard InChI is InChI=1S/C14H20BrNO/c1-2-16(13-6-7-13)9-8-14(17)11-4-3-5-12(15)10-11/h3-5,10,13-14,17H,2,6-9H2,1H3. The lowest BCUT2D eigenvalue weighted by Crippen LogP contribution is -2.27. The highest BCUT2D eigenvalue weighted by molar-refractivity contribution is 9.10. The molecule has 1 aliphatic carbocycles. The zero-order chi connectivity index (χ0) is 12.3. The second-order valence-electron chi connectivity index (χ2n) is 4.72. The van der Waals surface area contributed by atoms with E-state index in [-0.39, 0.29) is 6.10 Å². The zero-order valence-electron chi connectivity index (χ0n) is 10.3. The molecule has 1 aromatic carbocycles. The van der Waals surface area contributed by atoms with Gasteiger partial charge in [-0.25, -0.2) is 0 Å². The Balaban J connectivity index is 1.85. The minimum absolute atomic E-state index is 0.347. The van der Waals surface area contributed by atoms with Crippen molar-refractivity contribution in [2.45, 2.75) is 38.3 Å². The van der Waals surface area contributed by atoms with Gasteiger partial charge in [-0.15, -0.1) is 0 Å². The number of aliphatic hydroxyl groups excluding tert-OH is 1. The number of hydrogen-bond donors (Lipinski definition) is 1. The topological polar surface area (TPSA) is 23.5 Å². The number of benzene rings is 1. The molecule has 1 aliphatic rings. The second-order valence-corrected chi connectivity index (χ2v) is 5.63. The van der Waals surface area contributed by atoms with Gasteiger partial charge in [0.2, 0.25) is 0 Å². The molecule has 0 spiro atoms. The van der Waals surface area contributed by atoms with Crippen LogP contribution in [-0.2, 0) is 0 Å². The molecule has 0 amide bonds. The van der Waals surface area contributed by atoms with E-state index in [1.165, 1.54) is 12.8 Å². The first kappa shape index (κ1) is 13.1. The van der Waals surface area contributed by atoms with Crippen LogP contribution in [0.5, 0.6) is 0 Å². The van der Waals surface area contributed by atoms with Gasteiger partial charge in [0.25, 0.3) is 0 Å². The van der Waals surface area contributed by atoms with Crippen molar-refractivity contribution in [3.05, 3.63) is 34.3 Å². The fourth-order valence-corrected chi connectivity index (χ4v) is 2.62. The van der Waals surface area contributed by atoms with E-state index in [0.29, 0.717) is 0 Å². The fourth-order valence-electron chi connectivity index (χ4n) is 2.21. The second kappa shape index (κ2) is 5.98. The Labute approximate surface area is 112 Å². The lowest BCUT2D eigenvalue weighted by atomic mass is 10.1. The zero-order valence-corrected chi connectivity index (χ0v) is 11.9. The van der Waals surface area contributed by atoms with Crippen LogP contribution >= 0.6 is 15.9 Å². The molecule has 3 heteroatoms. The van der Waals surface area contributed by atoms with Gasteiger partial charge in [-0.1, -0.05) is 35.0 Å². The summed E-state index contributed by atoms with van der Waals surface area (Å²) in [5.74, 6) is 0. The third-order valence-electron chi connectivity index (χ3n) is 3.39. The quantitative estimate of drug-likeness (QED) is 0.870. The molecule has 0 radical (unpaired) electrons. The predicted octanol–water partition coefficient (Wildman–Crippen LogP) is 3.36. The Kier molecular flexibility index (Phi) is 4.60. The minimum Gasteiger partial charge on any atom is -0.388 e. The summed E-state index contributed by atoms with van der Waals surface area (Å²) in [6, 6.07) is 8.73. The van der Waals surface area contributed by atoms with Crippen LogP contribution < -0.4 is 0 Å². The van der Waals surface area contributed by atoms with Gasteiger partial charge < -0.3 is 10.0 Å². The molecule has 2 rings (SSSR count). The molecule has 1 N–H and O–H groups in total. The van der Waals surface area contributed by atoms with Crippen LogP contribution in [0.1, 0.15) is 37.9 Å². The first-order valence-corrected chi connectivity index (χ1v) is 7.17. The Bertz CT molecular complexity index is 365. The summed E-state index contributed by atoms with van der Waals surface area (Å²) in [6.45, 7) is 4.29. The lowest BCUT2D eigenvalue weighted by molar-refractivity contribution is 0.141. The number of halogens is 1. The van der Waals surface area contributed by atoms with Crippen molar-refractivity contribution in [2.75, 3.05) is 13.1 Å². The number of nitrogens with zero attached hydrogens (tertiary/aromatic N) is 1. The minimum atomic E-state index is -0.347. The van der Waals surface area contributed by atoms with Gasteiger partial charge in [0.1, 0.15) is 0 Å². The molecule has 2 nitrogen and oxygen atoms in total. The Morgan fingerprint density at radius 1 is 1.47 bits per heavy atom. The SMILES string of the molecule is CCN(CCC(O)c1cccc(Br)c1)C1CC1. The van der Waals surface area contributed by atoms with Crippen molar-refractivity contribution in [3.63, 3.8) is 0 Å². The summed E-state index contributed by atoms with van der Waals surface area (Å²) in [5.41, 5.74) is 1.01. The summed E-state index contributed by atoms with van der Waals surface area (Å²) in [5, 5.41) is 10.1. The van der Waals surface area contributed by atoms with Crippen LogP contribution in [0.2, 0.25) is 0 Å². The summed E-state index contributed by atoms with van der Waals surface area (Å²) in [6.07, 6.45) is 3.14. The van der Waals surface area contributed by atoms with Crippen molar-refractivity contribution in [1.82, 2.24) is 4.90 Å². The van der Waals surface area contributed by atoms with Gasteiger partial charge in [0.05, 0.1) is 6.10 Å². The highest BCUT2D eigenvalue weighted by Crippen LogP contribution is 2.28. The van der Waals surface area contributed by atoms with Crippen molar-refractivity contribution < 1.29 is 5.11 Å². The highest BCUT2D eigenvalue weighted by Gasteiger charge is 2.27. The summed E-state index contributed by atoms with van der Waals surface area (Å²) in [4.78, 5) is 2.47. The summed E-state index contributed by atoms with van der Waals surface area (Å²) >= 11 is 3.44. The third-order valence-corrected chi connectivity index (χ3v) is 3.89. The van der Waals surface area contributed by atoms with E-state index in [1.807, 2.05) is 24.3 Å². The van der Waals surface area contributed by atoms with Crippen LogP contribution in [-0.4, -0.2) is 29.1 Å². The summed E-state index contributed by atoms with van der Waals surface area (Å²) in [7, 11) is 0. The Hall–Kier alpha value is -0.380. The first-order chi connectivity index (χ1) is 8.20. The first-order valence-electron chi connectivity index (χ1n) is 6.38. The molecule has 0 aromatic heterocycles. The van der Waals surface area contributed by atoms with Crippen LogP contribution in [0.15, 0.2) is 28.7 Å². The van der Waals surface area contributed by atoms with Crippen LogP contribution in [0.4, 0.5) is 0 Å². The van der Waals surface area contributed by atoms with E-state index >= 15 is 0 Å². The Morgan fingerprint density at radius 2 is 2.24 bits per heavy atom. The van der Waals surface area contributed by atoms with Crippen LogP contribution in [0, 0.1) is 0 Å². The molecule has 0 saturated heterocycles. The maximum Gasteiger partial charge on any atom is 0.0802 e. The van der Waals surface area contributed by atoms with Crippen LogP contribution in [0.3, 0.4) is 0 Å². The van der Waals surface area contributed by atoms with Crippen molar-refractivity contribution in [1.29, 1.82) is 0 Å². The molecule has 0 bridgehead atoms. The van der Waals surface area contributed by atoms with Crippen molar-refractivity contribution in [3.8, 4) is 0 Å². The molecule has 1 aromatic rings. The largest absolute Gasteiger partial charge is 0.388 e. The predicted molar refractivity (Wildman–Crippen MR) is 74.0 cm³/mol. The Morgan fingerprint density at radius 3 is 2.82 bits per heavy atom. The highest BCUT2D eigenvalue weighted by atomic mass is 79.9. The monoisotopic (exact) mass is 297 g/mol. The normalized spacial score (nSPS) is 17.4. The van der Waals surface area contributed by atoms with E-state index in [1.54, 1.807) is 0 Å². The van der Waals surface area contributed by atoms with Gasteiger partial charge in [0, 0.05) is 17.1 Å². The maximum absolute atomic E-state index is 10.1. The molecular formula is C14H20BrNO. The lowest BCUT2D eigenvalue weighted by Gasteiger charge is -2.21. The molecule has 0 heterocycles. The van der Waals surface area contributed by atoms with Gasteiger partial charge in [0.15, 0.2) is 0 Å². The number of aliphatic hydroxyl groups is 1. The number of rotatable bonds is 6. The van der Waals surface area contributed by atoms with E-state index < -0.39 is 0 Å². The smallest absolute Gasteiger partial charge is 0.0802 e. The molecule has 1 saturated carbocycles. The fraction of sp³-hybridized carbons (Fsp3) is 0.571. The van der Waals surface area contributed by atoms with Gasteiger partial charge in [-0.2, -0.15) is 0 Å². The van der Waals surface area contributed by atoms with Gasteiger partial charge in [-0.3, -0.25) is 0 Å². The van der Waals surface area contributed by atoms with E-state index in [2.05, 4.69) is 27.8 Å². The molecule has 17 heavy (non-hydrogen) atoms. The average Bonchev–Trinajstić information content (AvgIpc) is 3.14. The van der Waals surface area contributed by atoms with Crippen molar-refractivity contribution in [2.24, 2.45) is 0 Å². The van der Waals surface area contributed by atoms with E-state index in [4.69, 9.17) is 0 Å². The van der Waals surface area contributed by atoms with E-state index in [0.717, 1.165) is 35.6 Å². The third kappa shape index (κ3) is 3.80. The molecule has 1 unspecified atom stereocenters.